The number of nitrogens with one attached hydrogen (secondary N) is 2. The fourth-order valence-corrected chi connectivity index (χ4v) is 4.54. The zero-order valence-electron chi connectivity index (χ0n) is 16.1. The van der Waals surface area contributed by atoms with Crippen LogP contribution in [-0.4, -0.2) is 30.0 Å². The summed E-state index contributed by atoms with van der Waals surface area (Å²) >= 11 is 3.29. The number of aromatic nitrogens is 1. The van der Waals surface area contributed by atoms with Gasteiger partial charge < -0.3 is 9.47 Å². The normalized spacial score (nSPS) is 12.3. The van der Waals surface area contributed by atoms with Crippen LogP contribution < -0.4 is 20.3 Å². The van der Waals surface area contributed by atoms with Gasteiger partial charge in [-0.1, -0.05) is 23.9 Å². The van der Waals surface area contributed by atoms with E-state index in [0.29, 0.717) is 35.8 Å². The molecule has 0 spiro atoms. The molecule has 0 radical (unpaired) electrons. The number of carbonyl (C=O) groups is 2. The summed E-state index contributed by atoms with van der Waals surface area (Å²) in [5, 5.41) is 2.02. The van der Waals surface area contributed by atoms with Gasteiger partial charge in [0.2, 0.25) is 0 Å². The number of thiazole rings is 1. The number of aryl methyl sites for hydroxylation is 1. The molecule has 4 rings (SSSR count). The van der Waals surface area contributed by atoms with Gasteiger partial charge in [-0.2, -0.15) is 0 Å². The molecule has 0 unspecified atom stereocenters. The molecule has 3 aromatic rings. The molecule has 0 aliphatic carbocycles. The zero-order valence-corrected chi connectivity index (χ0v) is 17.8. The van der Waals surface area contributed by atoms with Gasteiger partial charge in [-0.15, -0.1) is 11.3 Å². The van der Waals surface area contributed by atoms with Gasteiger partial charge >= 0.3 is 0 Å². The van der Waals surface area contributed by atoms with Gasteiger partial charge in [0.25, 0.3) is 11.8 Å². The van der Waals surface area contributed by atoms with Crippen molar-refractivity contribution in [3.63, 3.8) is 0 Å². The molecular weight excluding hydrogens is 422 g/mol. The molecule has 1 aliphatic heterocycles. The number of hydrazine groups is 1. The fourth-order valence-electron chi connectivity index (χ4n) is 2.74. The summed E-state index contributed by atoms with van der Waals surface area (Å²) in [4.78, 5) is 29.1. The van der Waals surface area contributed by atoms with E-state index in [1.54, 1.807) is 53.4 Å². The minimum absolute atomic E-state index is 0.365. The van der Waals surface area contributed by atoms with Crippen molar-refractivity contribution in [2.75, 3.05) is 13.2 Å². The number of carbonyl (C=O) groups excluding carboxylic acids is 2. The van der Waals surface area contributed by atoms with Crippen LogP contribution in [-0.2, 0) is 5.75 Å². The van der Waals surface area contributed by atoms with Crippen molar-refractivity contribution in [3.8, 4) is 11.5 Å². The number of hydrogen-bond donors (Lipinski definition) is 2. The number of amides is 2. The lowest BCUT2D eigenvalue weighted by Gasteiger charge is -2.18. The van der Waals surface area contributed by atoms with Crippen LogP contribution >= 0.6 is 23.1 Å². The molecule has 0 fully saturated rings. The third kappa shape index (κ3) is 4.92. The molecule has 0 bridgehead atoms. The smallest absolute Gasteiger partial charge is 0.269 e. The molecule has 0 atom stereocenters. The first kappa shape index (κ1) is 20.2. The van der Waals surface area contributed by atoms with Crippen molar-refractivity contribution in [2.24, 2.45) is 0 Å². The molecule has 2 amide bonds. The lowest BCUT2D eigenvalue weighted by atomic mass is 10.1. The summed E-state index contributed by atoms with van der Waals surface area (Å²) in [5.41, 5.74) is 7.78. The SMILES string of the molecule is Cc1csc(SCc2ccc(C(=O)NNC(=O)c3ccc4c(c3)OCCO4)cc2)n1. The van der Waals surface area contributed by atoms with Crippen LogP contribution in [0.2, 0.25) is 0 Å². The molecule has 1 aliphatic rings. The number of fused-ring (bicyclic) bond motifs is 1. The standard InChI is InChI=1S/C21H19N3O4S2/c1-13-11-29-21(22-13)30-12-14-2-4-15(5-3-14)19(25)23-24-20(26)16-6-7-17-18(10-16)28-9-8-27-17/h2-7,10-11H,8-9,12H2,1H3,(H,23,25)(H,24,26). The van der Waals surface area contributed by atoms with Gasteiger partial charge in [0, 0.05) is 28.0 Å². The van der Waals surface area contributed by atoms with Crippen LogP contribution in [0.3, 0.4) is 0 Å². The van der Waals surface area contributed by atoms with Crippen molar-refractivity contribution in [1.82, 2.24) is 15.8 Å². The van der Waals surface area contributed by atoms with E-state index < -0.39 is 11.8 Å². The van der Waals surface area contributed by atoms with Gasteiger partial charge in [0.15, 0.2) is 11.5 Å². The highest BCUT2D eigenvalue weighted by Gasteiger charge is 2.15. The maximum absolute atomic E-state index is 12.3. The van der Waals surface area contributed by atoms with Gasteiger partial charge in [-0.25, -0.2) is 4.98 Å². The fraction of sp³-hybridized carbons (Fsp3) is 0.190. The third-order valence-corrected chi connectivity index (χ3v) is 6.48. The maximum atomic E-state index is 12.3. The van der Waals surface area contributed by atoms with E-state index >= 15 is 0 Å². The van der Waals surface area contributed by atoms with E-state index in [1.807, 2.05) is 24.4 Å². The van der Waals surface area contributed by atoms with E-state index in [1.165, 1.54) is 0 Å². The Bertz CT molecular complexity index is 1070. The van der Waals surface area contributed by atoms with E-state index in [-0.39, 0.29) is 0 Å². The molecular formula is C21H19N3O4S2. The Hall–Kier alpha value is -3.04. The topological polar surface area (TPSA) is 89.6 Å². The second-order valence-electron chi connectivity index (χ2n) is 6.51. The van der Waals surface area contributed by atoms with Crippen LogP contribution in [0.1, 0.15) is 32.0 Å². The van der Waals surface area contributed by atoms with Crippen LogP contribution in [0, 0.1) is 6.92 Å². The Morgan fingerprint density at radius 1 is 1.00 bits per heavy atom. The van der Waals surface area contributed by atoms with Gasteiger partial charge in [-0.3, -0.25) is 20.4 Å². The number of rotatable bonds is 5. The Morgan fingerprint density at radius 2 is 1.67 bits per heavy atom. The van der Waals surface area contributed by atoms with Gasteiger partial charge in [0.05, 0.1) is 0 Å². The summed E-state index contributed by atoms with van der Waals surface area (Å²) in [6, 6.07) is 12.1. The monoisotopic (exact) mass is 441 g/mol. The van der Waals surface area contributed by atoms with Crippen molar-refractivity contribution >= 4 is 34.9 Å². The first-order chi connectivity index (χ1) is 14.6. The van der Waals surface area contributed by atoms with Crippen molar-refractivity contribution in [3.05, 3.63) is 70.2 Å². The Kier molecular flexibility index (Phi) is 6.20. The highest BCUT2D eigenvalue weighted by molar-refractivity contribution is 8.00. The number of nitrogens with zero attached hydrogens (tertiary/aromatic N) is 1. The Morgan fingerprint density at radius 3 is 2.37 bits per heavy atom. The number of benzene rings is 2. The van der Waals surface area contributed by atoms with Crippen LogP contribution in [0.25, 0.3) is 0 Å². The largest absolute Gasteiger partial charge is 0.486 e. The third-order valence-electron chi connectivity index (χ3n) is 4.27. The molecule has 30 heavy (non-hydrogen) atoms. The maximum Gasteiger partial charge on any atom is 0.269 e. The van der Waals surface area contributed by atoms with Crippen molar-refractivity contribution in [1.29, 1.82) is 0 Å². The van der Waals surface area contributed by atoms with Gasteiger partial charge in [0.1, 0.15) is 17.6 Å². The first-order valence-electron chi connectivity index (χ1n) is 9.23. The predicted molar refractivity (Wildman–Crippen MR) is 115 cm³/mol. The van der Waals surface area contributed by atoms with Crippen molar-refractivity contribution < 1.29 is 19.1 Å². The minimum atomic E-state index is -0.438. The molecule has 7 nitrogen and oxygen atoms in total. The summed E-state index contributed by atoms with van der Waals surface area (Å²) in [6.07, 6.45) is 0. The second kappa shape index (κ2) is 9.19. The second-order valence-corrected chi connectivity index (χ2v) is 8.59. The highest BCUT2D eigenvalue weighted by atomic mass is 32.2. The summed E-state index contributed by atoms with van der Waals surface area (Å²) < 4.78 is 11.9. The van der Waals surface area contributed by atoms with E-state index in [2.05, 4.69) is 15.8 Å². The van der Waals surface area contributed by atoms with E-state index in [4.69, 9.17) is 9.47 Å². The molecule has 9 heteroatoms. The van der Waals surface area contributed by atoms with Crippen molar-refractivity contribution in [2.45, 2.75) is 17.0 Å². The summed E-state index contributed by atoms with van der Waals surface area (Å²) in [5.74, 6) is 1.06. The molecule has 2 N–H and O–H groups in total. The average molecular weight is 442 g/mol. The molecule has 2 heterocycles. The predicted octanol–water partition coefficient (Wildman–Crippen LogP) is 3.59. The van der Waals surface area contributed by atoms with Crippen LogP contribution in [0.15, 0.2) is 52.2 Å². The van der Waals surface area contributed by atoms with Crippen LogP contribution in [0.4, 0.5) is 0 Å². The minimum Gasteiger partial charge on any atom is -0.486 e. The Labute approximate surface area is 181 Å². The van der Waals surface area contributed by atoms with Crippen LogP contribution in [0.5, 0.6) is 11.5 Å². The number of hydrogen-bond acceptors (Lipinski definition) is 7. The quantitative estimate of drug-likeness (QED) is 0.465. The number of thioether (sulfide) groups is 1. The van der Waals surface area contributed by atoms with E-state index in [0.717, 1.165) is 21.3 Å². The summed E-state index contributed by atoms with van der Waals surface area (Å²) in [7, 11) is 0. The molecule has 2 aromatic carbocycles. The first-order valence-corrected chi connectivity index (χ1v) is 11.1. The summed E-state index contributed by atoms with van der Waals surface area (Å²) in [6.45, 7) is 2.89. The average Bonchev–Trinajstić information content (AvgIpc) is 3.21. The zero-order chi connectivity index (χ0) is 20.9. The Balaban J connectivity index is 1.29. The molecule has 0 saturated heterocycles. The molecule has 154 valence electrons. The number of ether oxygens (including phenoxy) is 2. The molecule has 0 saturated carbocycles. The lowest BCUT2D eigenvalue weighted by molar-refractivity contribution is 0.0846. The van der Waals surface area contributed by atoms with E-state index in [9.17, 15) is 9.59 Å². The van der Waals surface area contributed by atoms with Gasteiger partial charge in [-0.05, 0) is 42.8 Å². The lowest BCUT2D eigenvalue weighted by Crippen LogP contribution is -2.41. The molecule has 1 aromatic heterocycles. The highest BCUT2D eigenvalue weighted by Crippen LogP contribution is 2.30.